The van der Waals surface area contributed by atoms with Crippen LogP contribution in [0.5, 0.6) is 0 Å². The minimum absolute atomic E-state index is 0.00159. The van der Waals surface area contributed by atoms with E-state index in [9.17, 15) is 4.79 Å². The predicted octanol–water partition coefficient (Wildman–Crippen LogP) is 2.91. The summed E-state index contributed by atoms with van der Waals surface area (Å²) in [5.41, 5.74) is 2.30. The van der Waals surface area contributed by atoms with E-state index in [1.54, 1.807) is 0 Å². The first kappa shape index (κ1) is 11.2. The topological polar surface area (TPSA) is 42.1 Å². The van der Waals surface area contributed by atoms with Crippen molar-refractivity contribution in [2.24, 2.45) is 0 Å². The molecule has 1 spiro atoms. The van der Waals surface area contributed by atoms with Crippen LogP contribution in [0.15, 0.2) is 29.1 Å². The van der Waals surface area contributed by atoms with Gasteiger partial charge in [0.25, 0.3) is 5.56 Å². The molecule has 1 N–H and O–H groups in total. The quantitative estimate of drug-likeness (QED) is 0.786. The molecule has 2 heterocycles. The Morgan fingerprint density at radius 1 is 1.11 bits per heavy atom. The van der Waals surface area contributed by atoms with Gasteiger partial charge in [0, 0.05) is 23.1 Å². The number of benzene rings is 1. The highest BCUT2D eigenvalue weighted by Gasteiger charge is 2.39. The van der Waals surface area contributed by atoms with Crippen molar-refractivity contribution in [3.8, 4) is 0 Å². The normalized spacial score (nSPS) is 20.8. The third-order valence-electron chi connectivity index (χ3n) is 4.66. The molecule has 2 aromatic rings. The lowest BCUT2D eigenvalue weighted by atomic mass is 9.89. The molecule has 19 heavy (non-hydrogen) atoms. The van der Waals surface area contributed by atoms with E-state index in [0.717, 1.165) is 35.7 Å². The maximum absolute atomic E-state index is 12.2. The largest absolute Gasteiger partial charge is 0.370 e. The number of fused-ring (bicyclic) bond motifs is 3. The summed E-state index contributed by atoms with van der Waals surface area (Å²) < 4.78 is 6.18. The Bertz CT molecular complexity index is 695. The lowest BCUT2D eigenvalue weighted by Crippen LogP contribution is -2.37. The molecule has 1 aliphatic carbocycles. The first-order chi connectivity index (χ1) is 9.27. The number of nitrogens with one attached hydrogen (secondary N) is 1. The Morgan fingerprint density at radius 3 is 2.63 bits per heavy atom. The lowest BCUT2D eigenvalue weighted by molar-refractivity contribution is -0.0629. The van der Waals surface area contributed by atoms with Gasteiger partial charge >= 0.3 is 0 Å². The van der Waals surface area contributed by atoms with Crippen LogP contribution >= 0.6 is 0 Å². The van der Waals surface area contributed by atoms with Gasteiger partial charge in [-0.25, -0.2) is 0 Å². The summed E-state index contributed by atoms with van der Waals surface area (Å²) in [4.78, 5) is 15.2. The summed E-state index contributed by atoms with van der Waals surface area (Å²) in [7, 11) is 0. The van der Waals surface area contributed by atoms with Gasteiger partial charge in [0.05, 0.1) is 12.2 Å². The van der Waals surface area contributed by atoms with E-state index in [0.29, 0.717) is 6.61 Å². The average Bonchev–Trinajstić information content (AvgIpc) is 2.87. The van der Waals surface area contributed by atoms with Crippen LogP contribution in [-0.2, 0) is 17.8 Å². The van der Waals surface area contributed by atoms with Crippen molar-refractivity contribution in [1.29, 1.82) is 0 Å². The number of pyridine rings is 1. The zero-order valence-electron chi connectivity index (χ0n) is 10.9. The lowest BCUT2D eigenvalue weighted by Gasteiger charge is -2.35. The molecule has 98 valence electrons. The molecule has 1 aliphatic heterocycles. The van der Waals surface area contributed by atoms with Crippen molar-refractivity contribution in [3.63, 3.8) is 0 Å². The molecule has 1 aromatic heterocycles. The van der Waals surface area contributed by atoms with Crippen molar-refractivity contribution in [2.75, 3.05) is 0 Å². The average molecular weight is 255 g/mol. The highest BCUT2D eigenvalue weighted by atomic mass is 16.5. The zero-order chi connectivity index (χ0) is 12.9. The molecule has 0 atom stereocenters. The molecule has 0 bridgehead atoms. The Hall–Kier alpha value is -1.61. The number of rotatable bonds is 0. The second-order valence-corrected chi connectivity index (χ2v) is 5.81. The van der Waals surface area contributed by atoms with Crippen LogP contribution in [0.3, 0.4) is 0 Å². The van der Waals surface area contributed by atoms with Crippen molar-refractivity contribution in [2.45, 2.75) is 44.3 Å². The Morgan fingerprint density at radius 2 is 1.84 bits per heavy atom. The van der Waals surface area contributed by atoms with Gasteiger partial charge in [0.15, 0.2) is 0 Å². The summed E-state index contributed by atoms with van der Waals surface area (Å²) in [6, 6.07) is 7.81. The molecule has 0 unspecified atom stereocenters. The molecule has 1 saturated carbocycles. The van der Waals surface area contributed by atoms with Crippen LogP contribution in [0.4, 0.5) is 0 Å². The second kappa shape index (κ2) is 3.94. The Balaban J connectivity index is 1.90. The molecule has 1 fully saturated rings. The number of ether oxygens (including phenoxy) is 1. The molecule has 3 nitrogen and oxygen atoms in total. The first-order valence-electron chi connectivity index (χ1n) is 7.04. The molecule has 0 amide bonds. The monoisotopic (exact) mass is 255 g/mol. The zero-order valence-corrected chi connectivity index (χ0v) is 10.9. The number of H-pyrrole nitrogens is 1. The van der Waals surface area contributed by atoms with Crippen LogP contribution in [0.2, 0.25) is 0 Å². The van der Waals surface area contributed by atoms with E-state index in [2.05, 4.69) is 4.98 Å². The number of aromatic amines is 1. The Kier molecular flexibility index (Phi) is 2.33. The van der Waals surface area contributed by atoms with E-state index < -0.39 is 0 Å². The van der Waals surface area contributed by atoms with Gasteiger partial charge in [-0.15, -0.1) is 0 Å². The summed E-state index contributed by atoms with van der Waals surface area (Å²) in [6.45, 7) is 0.632. The van der Waals surface area contributed by atoms with Gasteiger partial charge in [0.1, 0.15) is 0 Å². The molecule has 0 radical (unpaired) electrons. The van der Waals surface area contributed by atoms with Gasteiger partial charge in [-0.3, -0.25) is 4.79 Å². The molecular weight excluding hydrogens is 238 g/mol. The highest BCUT2D eigenvalue weighted by Crippen LogP contribution is 2.40. The SMILES string of the molecule is O=c1[nH]c2c(c3ccccc13)COC1(CCCC1)C2. The molecule has 2 aliphatic rings. The van der Waals surface area contributed by atoms with Crippen LogP contribution in [0.1, 0.15) is 36.9 Å². The minimum Gasteiger partial charge on any atom is -0.370 e. The van der Waals surface area contributed by atoms with E-state index in [4.69, 9.17) is 4.74 Å². The summed E-state index contributed by atoms with van der Waals surface area (Å²) in [6.07, 6.45) is 5.60. The minimum atomic E-state index is -0.00159. The molecule has 0 saturated heterocycles. The van der Waals surface area contributed by atoms with Gasteiger partial charge in [-0.05, 0) is 24.3 Å². The van der Waals surface area contributed by atoms with E-state index in [-0.39, 0.29) is 11.2 Å². The third-order valence-corrected chi connectivity index (χ3v) is 4.66. The second-order valence-electron chi connectivity index (χ2n) is 5.81. The fourth-order valence-corrected chi connectivity index (χ4v) is 3.64. The standard InChI is InChI=1S/C16H17NO2/c18-15-12-6-2-1-5-11(12)13-10-19-16(7-3-4-8-16)9-14(13)17-15/h1-2,5-6H,3-4,7-10H2,(H,17,18). The Labute approximate surface area is 111 Å². The summed E-state index contributed by atoms with van der Waals surface area (Å²) in [5, 5.41) is 1.82. The van der Waals surface area contributed by atoms with Crippen LogP contribution in [0.25, 0.3) is 10.8 Å². The molecular formula is C16H17NO2. The fraction of sp³-hybridized carbons (Fsp3) is 0.438. The molecule has 1 aromatic carbocycles. The van der Waals surface area contributed by atoms with Crippen molar-refractivity contribution < 1.29 is 4.74 Å². The number of hydrogen-bond donors (Lipinski definition) is 1. The van der Waals surface area contributed by atoms with E-state index in [1.807, 2.05) is 24.3 Å². The van der Waals surface area contributed by atoms with Gasteiger partial charge in [-0.1, -0.05) is 31.0 Å². The van der Waals surface area contributed by atoms with Crippen LogP contribution in [0, 0.1) is 0 Å². The van der Waals surface area contributed by atoms with Gasteiger partial charge < -0.3 is 9.72 Å². The summed E-state index contributed by atoms with van der Waals surface area (Å²) in [5.74, 6) is 0. The van der Waals surface area contributed by atoms with E-state index in [1.165, 1.54) is 18.4 Å². The first-order valence-corrected chi connectivity index (χ1v) is 7.04. The third kappa shape index (κ3) is 1.65. The number of aromatic nitrogens is 1. The van der Waals surface area contributed by atoms with Crippen molar-refractivity contribution in [3.05, 3.63) is 45.9 Å². The summed E-state index contributed by atoms with van der Waals surface area (Å²) >= 11 is 0. The molecule has 4 rings (SSSR count). The highest BCUT2D eigenvalue weighted by molar-refractivity contribution is 5.85. The van der Waals surface area contributed by atoms with Crippen LogP contribution < -0.4 is 5.56 Å². The smallest absolute Gasteiger partial charge is 0.256 e. The van der Waals surface area contributed by atoms with E-state index >= 15 is 0 Å². The maximum atomic E-state index is 12.2. The van der Waals surface area contributed by atoms with Crippen molar-refractivity contribution >= 4 is 10.8 Å². The molecule has 3 heteroatoms. The number of hydrogen-bond acceptors (Lipinski definition) is 2. The van der Waals surface area contributed by atoms with Gasteiger partial charge in [-0.2, -0.15) is 0 Å². The van der Waals surface area contributed by atoms with Gasteiger partial charge in [0.2, 0.25) is 0 Å². The predicted molar refractivity (Wildman–Crippen MR) is 74.3 cm³/mol. The van der Waals surface area contributed by atoms with Crippen LogP contribution in [-0.4, -0.2) is 10.6 Å². The maximum Gasteiger partial charge on any atom is 0.256 e. The van der Waals surface area contributed by atoms with Crippen molar-refractivity contribution in [1.82, 2.24) is 4.98 Å². The fourth-order valence-electron chi connectivity index (χ4n) is 3.64.